The summed E-state index contributed by atoms with van der Waals surface area (Å²) in [5, 5.41) is 10.4. The van der Waals surface area contributed by atoms with Gasteiger partial charge in [0.2, 0.25) is 0 Å². The lowest BCUT2D eigenvalue weighted by molar-refractivity contribution is -0.384. The number of aryl methyl sites for hydroxylation is 1. The molecule has 0 saturated carbocycles. The zero-order chi connectivity index (χ0) is 10.7. The minimum Gasteiger partial charge on any atom is -0.300 e. The normalized spacial score (nSPS) is 9.86. The minimum absolute atomic E-state index is 0.0574. The van der Waals surface area contributed by atoms with Crippen LogP contribution in [0.25, 0.3) is 0 Å². The molecule has 0 heterocycles. The molecule has 0 amide bonds. The second-order valence-corrected chi connectivity index (χ2v) is 3.25. The van der Waals surface area contributed by atoms with Crippen molar-refractivity contribution in [2.75, 3.05) is 0 Å². The van der Waals surface area contributed by atoms with Crippen LogP contribution in [0, 0.1) is 17.0 Å². The maximum atomic E-state index is 10.9. The van der Waals surface area contributed by atoms with Crippen LogP contribution >= 0.6 is 0 Å². The molecule has 0 unspecified atom stereocenters. The fraction of sp³-hybridized carbons (Fsp3) is 0.300. The largest absolute Gasteiger partial charge is 0.300 e. The first-order chi connectivity index (χ1) is 6.50. The van der Waals surface area contributed by atoms with Gasteiger partial charge in [-0.05, 0) is 25.0 Å². The number of nitro benzene ring substituents is 1. The summed E-state index contributed by atoms with van der Waals surface area (Å²) in [6.45, 7) is 3.27. The molecule has 0 N–H and O–H groups in total. The first-order valence-corrected chi connectivity index (χ1v) is 4.24. The molecule has 0 spiro atoms. The molecule has 14 heavy (non-hydrogen) atoms. The van der Waals surface area contributed by atoms with E-state index in [1.54, 1.807) is 13.0 Å². The number of carbonyl (C=O) groups is 1. The first-order valence-electron chi connectivity index (χ1n) is 4.24. The fourth-order valence-corrected chi connectivity index (χ4v) is 1.26. The molecule has 74 valence electrons. The van der Waals surface area contributed by atoms with Gasteiger partial charge in [-0.3, -0.25) is 14.9 Å². The molecule has 4 nitrogen and oxygen atoms in total. The summed E-state index contributed by atoms with van der Waals surface area (Å²) in [6.07, 6.45) is 0.337. The lowest BCUT2D eigenvalue weighted by Crippen LogP contribution is -1.99. The summed E-state index contributed by atoms with van der Waals surface area (Å²) in [6, 6.07) is 4.54. The standard InChI is InChI=1S/C10H11NO3/c1-7-5-10(11(13)14)4-3-9(7)6-8(2)12/h3-5H,6H2,1-2H3. The zero-order valence-electron chi connectivity index (χ0n) is 8.11. The number of hydrogen-bond acceptors (Lipinski definition) is 3. The highest BCUT2D eigenvalue weighted by Crippen LogP contribution is 2.17. The van der Waals surface area contributed by atoms with E-state index in [0.717, 1.165) is 11.1 Å². The van der Waals surface area contributed by atoms with E-state index in [4.69, 9.17) is 0 Å². The van der Waals surface area contributed by atoms with Crippen LogP contribution in [0.2, 0.25) is 0 Å². The number of non-ortho nitro benzene ring substituents is 1. The third-order valence-corrected chi connectivity index (χ3v) is 1.98. The van der Waals surface area contributed by atoms with Crippen molar-refractivity contribution in [1.82, 2.24) is 0 Å². The molecule has 1 rings (SSSR count). The van der Waals surface area contributed by atoms with Gasteiger partial charge in [0.1, 0.15) is 5.78 Å². The highest BCUT2D eigenvalue weighted by molar-refractivity contribution is 5.78. The summed E-state index contributed by atoms with van der Waals surface area (Å²) in [4.78, 5) is 20.8. The summed E-state index contributed by atoms with van der Waals surface area (Å²) in [5.41, 5.74) is 1.70. The van der Waals surface area contributed by atoms with Crippen LogP contribution in [0.3, 0.4) is 0 Å². The number of benzene rings is 1. The van der Waals surface area contributed by atoms with Crippen molar-refractivity contribution in [2.45, 2.75) is 20.3 Å². The van der Waals surface area contributed by atoms with E-state index in [1.807, 2.05) is 0 Å². The highest BCUT2D eigenvalue weighted by Gasteiger charge is 2.08. The van der Waals surface area contributed by atoms with E-state index >= 15 is 0 Å². The predicted octanol–water partition coefficient (Wildman–Crippen LogP) is 2.03. The smallest absolute Gasteiger partial charge is 0.269 e. The summed E-state index contributed by atoms with van der Waals surface area (Å²) in [5.74, 6) is 0.0574. The number of hydrogen-bond donors (Lipinski definition) is 0. The van der Waals surface area contributed by atoms with Crippen LogP contribution in [0.4, 0.5) is 5.69 Å². The van der Waals surface area contributed by atoms with E-state index in [2.05, 4.69) is 0 Å². The highest BCUT2D eigenvalue weighted by atomic mass is 16.6. The van der Waals surface area contributed by atoms with E-state index in [9.17, 15) is 14.9 Å². The molecule has 0 aliphatic heterocycles. The molecule has 1 aromatic carbocycles. The molecule has 0 bridgehead atoms. The van der Waals surface area contributed by atoms with Gasteiger partial charge in [0, 0.05) is 18.6 Å². The van der Waals surface area contributed by atoms with Gasteiger partial charge in [-0.1, -0.05) is 6.07 Å². The lowest BCUT2D eigenvalue weighted by Gasteiger charge is -2.02. The van der Waals surface area contributed by atoms with Crippen LogP contribution in [0.1, 0.15) is 18.1 Å². The Morgan fingerprint density at radius 3 is 2.57 bits per heavy atom. The molecule has 1 aromatic rings. The second-order valence-electron chi connectivity index (χ2n) is 3.25. The summed E-state index contributed by atoms with van der Waals surface area (Å²) >= 11 is 0. The van der Waals surface area contributed by atoms with E-state index in [1.165, 1.54) is 19.1 Å². The van der Waals surface area contributed by atoms with Crippen LogP contribution in [-0.4, -0.2) is 10.7 Å². The van der Waals surface area contributed by atoms with Crippen molar-refractivity contribution in [3.63, 3.8) is 0 Å². The predicted molar refractivity (Wildman–Crippen MR) is 52.2 cm³/mol. The van der Waals surface area contributed by atoms with Gasteiger partial charge in [0.05, 0.1) is 4.92 Å². The maximum absolute atomic E-state index is 10.9. The van der Waals surface area contributed by atoms with E-state index in [0.29, 0.717) is 6.42 Å². The average molecular weight is 193 g/mol. The molecular formula is C10H11NO3. The van der Waals surface area contributed by atoms with E-state index < -0.39 is 4.92 Å². The number of carbonyl (C=O) groups excluding carboxylic acids is 1. The van der Waals surface area contributed by atoms with Gasteiger partial charge in [-0.15, -0.1) is 0 Å². The van der Waals surface area contributed by atoms with Crippen LogP contribution < -0.4 is 0 Å². The van der Waals surface area contributed by atoms with Crippen molar-refractivity contribution in [3.8, 4) is 0 Å². The van der Waals surface area contributed by atoms with Gasteiger partial charge in [-0.25, -0.2) is 0 Å². The van der Waals surface area contributed by atoms with Crippen molar-refractivity contribution in [1.29, 1.82) is 0 Å². The third kappa shape index (κ3) is 2.39. The van der Waals surface area contributed by atoms with Crippen molar-refractivity contribution >= 4 is 11.5 Å². The molecule has 0 radical (unpaired) electrons. The number of Topliss-reactive ketones (excluding diaryl/α,β-unsaturated/α-hetero) is 1. The molecule has 4 heteroatoms. The molecule has 0 aromatic heterocycles. The van der Waals surface area contributed by atoms with Gasteiger partial charge in [0.25, 0.3) is 5.69 Å². The molecule has 0 aliphatic rings. The molecule has 0 fully saturated rings. The molecule has 0 atom stereocenters. The minimum atomic E-state index is -0.440. The van der Waals surface area contributed by atoms with Gasteiger partial charge in [0.15, 0.2) is 0 Å². The Bertz CT molecular complexity index is 385. The quantitative estimate of drug-likeness (QED) is 0.545. The fourth-order valence-electron chi connectivity index (χ4n) is 1.26. The van der Waals surface area contributed by atoms with Crippen molar-refractivity contribution in [2.24, 2.45) is 0 Å². The first kappa shape index (κ1) is 10.4. The number of nitro groups is 1. The Labute approximate surface area is 81.7 Å². The second kappa shape index (κ2) is 4.00. The van der Waals surface area contributed by atoms with Crippen LogP contribution in [0.5, 0.6) is 0 Å². The third-order valence-electron chi connectivity index (χ3n) is 1.98. The number of rotatable bonds is 3. The Morgan fingerprint density at radius 1 is 1.50 bits per heavy atom. The number of ketones is 1. The van der Waals surface area contributed by atoms with Gasteiger partial charge < -0.3 is 0 Å². The summed E-state index contributed by atoms with van der Waals surface area (Å²) < 4.78 is 0. The van der Waals surface area contributed by atoms with Crippen molar-refractivity contribution < 1.29 is 9.72 Å². The topological polar surface area (TPSA) is 60.2 Å². The molecular weight excluding hydrogens is 182 g/mol. The van der Waals surface area contributed by atoms with E-state index in [-0.39, 0.29) is 11.5 Å². The molecule has 0 saturated heterocycles. The number of nitrogens with zero attached hydrogens (tertiary/aromatic N) is 1. The van der Waals surface area contributed by atoms with Gasteiger partial charge in [-0.2, -0.15) is 0 Å². The maximum Gasteiger partial charge on any atom is 0.269 e. The monoisotopic (exact) mass is 193 g/mol. The van der Waals surface area contributed by atoms with Crippen molar-refractivity contribution in [3.05, 3.63) is 39.4 Å². The molecule has 0 aliphatic carbocycles. The average Bonchev–Trinajstić information content (AvgIpc) is 2.07. The van der Waals surface area contributed by atoms with Gasteiger partial charge >= 0.3 is 0 Å². The van der Waals surface area contributed by atoms with Crippen LogP contribution in [-0.2, 0) is 11.2 Å². The Morgan fingerprint density at radius 2 is 2.14 bits per heavy atom. The summed E-state index contributed by atoms with van der Waals surface area (Å²) in [7, 11) is 0. The SMILES string of the molecule is CC(=O)Cc1ccc([N+](=O)[O-])cc1C. The Balaban J connectivity index is 3.01. The lowest BCUT2D eigenvalue weighted by atomic mass is 10.0. The van der Waals surface area contributed by atoms with Crippen LogP contribution in [0.15, 0.2) is 18.2 Å². The zero-order valence-corrected chi connectivity index (χ0v) is 8.11. The Hall–Kier alpha value is -1.71. The Kier molecular flexibility index (Phi) is 2.96.